The summed E-state index contributed by atoms with van der Waals surface area (Å²) in [5, 5.41) is 6.51. The van der Waals surface area contributed by atoms with Crippen molar-refractivity contribution in [1.82, 2.24) is 15.2 Å². The van der Waals surface area contributed by atoms with Crippen LogP contribution in [0.5, 0.6) is 0 Å². The lowest BCUT2D eigenvalue weighted by Gasteiger charge is -2.01. The molecule has 3 N–H and O–H groups in total. The number of nitrogens with two attached hydrogens (primary N) is 1. The zero-order valence-electron chi connectivity index (χ0n) is 10.2. The van der Waals surface area contributed by atoms with E-state index in [-0.39, 0.29) is 5.82 Å². The Kier molecular flexibility index (Phi) is 3.27. The zero-order valence-corrected chi connectivity index (χ0v) is 10.2. The van der Waals surface area contributed by atoms with Crippen LogP contribution in [-0.2, 0) is 4.74 Å². The van der Waals surface area contributed by atoms with Crippen LogP contribution in [0.4, 0.5) is 5.69 Å². The predicted molar refractivity (Wildman–Crippen MR) is 66.9 cm³/mol. The fraction of sp³-hybridized carbons (Fsp3) is 0.250. The minimum absolute atomic E-state index is 0.0889. The van der Waals surface area contributed by atoms with E-state index in [9.17, 15) is 4.79 Å². The minimum Gasteiger partial charge on any atom is -0.460 e. The summed E-state index contributed by atoms with van der Waals surface area (Å²) in [6.07, 6.45) is 0. The van der Waals surface area contributed by atoms with Crippen molar-refractivity contribution >= 4 is 11.7 Å². The molecule has 2 rings (SSSR count). The number of carbonyl (C=O) groups is 1. The first-order chi connectivity index (χ1) is 8.61. The molecule has 0 saturated heterocycles. The maximum atomic E-state index is 11.4. The minimum atomic E-state index is -0.517. The van der Waals surface area contributed by atoms with Gasteiger partial charge in [-0.3, -0.25) is 5.10 Å². The Labute approximate surface area is 104 Å². The molecule has 0 fully saturated rings. The van der Waals surface area contributed by atoms with Crippen molar-refractivity contribution in [3.63, 3.8) is 0 Å². The highest BCUT2D eigenvalue weighted by molar-refractivity contribution is 5.85. The van der Waals surface area contributed by atoms with Crippen LogP contribution in [0.15, 0.2) is 18.2 Å². The number of H-pyrrole nitrogens is 1. The number of benzene rings is 1. The number of anilines is 1. The van der Waals surface area contributed by atoms with Gasteiger partial charge in [-0.25, -0.2) is 9.78 Å². The molecule has 0 atom stereocenters. The molecule has 0 spiro atoms. The number of nitrogens with one attached hydrogen (secondary N) is 1. The van der Waals surface area contributed by atoms with Gasteiger partial charge in [0.05, 0.1) is 6.61 Å². The molecular formula is C12H14N4O2. The summed E-state index contributed by atoms with van der Waals surface area (Å²) in [6.45, 7) is 3.95. The quantitative estimate of drug-likeness (QED) is 0.632. The fourth-order valence-electron chi connectivity index (χ4n) is 1.46. The number of hydrogen-bond donors (Lipinski definition) is 2. The number of aromatic nitrogens is 3. The van der Waals surface area contributed by atoms with Crippen LogP contribution in [0, 0.1) is 6.92 Å². The molecule has 6 heteroatoms. The molecule has 1 aromatic carbocycles. The lowest BCUT2D eigenvalue weighted by molar-refractivity contribution is 0.0512. The van der Waals surface area contributed by atoms with Crippen LogP contribution in [-0.4, -0.2) is 27.8 Å². The highest BCUT2D eigenvalue weighted by Gasteiger charge is 2.13. The van der Waals surface area contributed by atoms with E-state index >= 15 is 0 Å². The molecule has 6 nitrogen and oxygen atoms in total. The lowest BCUT2D eigenvalue weighted by atomic mass is 10.1. The van der Waals surface area contributed by atoms with Gasteiger partial charge in [0.15, 0.2) is 5.82 Å². The Bertz CT molecular complexity index is 577. The van der Waals surface area contributed by atoms with Gasteiger partial charge in [-0.05, 0) is 25.5 Å². The van der Waals surface area contributed by atoms with Gasteiger partial charge >= 0.3 is 5.97 Å². The number of nitrogens with zero attached hydrogens (tertiary/aromatic N) is 2. The summed E-state index contributed by atoms with van der Waals surface area (Å²) in [7, 11) is 0. The third-order valence-electron chi connectivity index (χ3n) is 2.49. The molecule has 0 saturated carbocycles. The predicted octanol–water partition coefficient (Wildman–Crippen LogP) is 1.54. The first-order valence-corrected chi connectivity index (χ1v) is 5.58. The summed E-state index contributed by atoms with van der Waals surface area (Å²) < 4.78 is 4.82. The van der Waals surface area contributed by atoms with E-state index in [1.807, 2.05) is 19.1 Å². The van der Waals surface area contributed by atoms with Gasteiger partial charge in [0.1, 0.15) is 0 Å². The maximum absolute atomic E-state index is 11.4. The van der Waals surface area contributed by atoms with Crippen molar-refractivity contribution in [1.29, 1.82) is 0 Å². The topological polar surface area (TPSA) is 93.9 Å². The molecular weight excluding hydrogens is 232 g/mol. The molecule has 0 unspecified atom stereocenters. The summed E-state index contributed by atoms with van der Waals surface area (Å²) in [5.41, 5.74) is 8.22. The third-order valence-corrected chi connectivity index (χ3v) is 2.49. The Morgan fingerprint density at radius 1 is 1.50 bits per heavy atom. The van der Waals surface area contributed by atoms with Crippen LogP contribution in [0.1, 0.15) is 23.1 Å². The number of ether oxygens (including phenoxy) is 1. The van der Waals surface area contributed by atoms with E-state index in [0.29, 0.717) is 18.1 Å². The number of aryl methyl sites for hydroxylation is 1. The van der Waals surface area contributed by atoms with Crippen molar-refractivity contribution in [3.8, 4) is 11.4 Å². The molecule has 0 aliphatic carbocycles. The van der Waals surface area contributed by atoms with Gasteiger partial charge < -0.3 is 10.5 Å². The highest BCUT2D eigenvalue weighted by Crippen LogP contribution is 2.20. The molecule has 0 bridgehead atoms. The average Bonchev–Trinajstić information content (AvgIpc) is 2.82. The molecule has 2 aromatic rings. The monoisotopic (exact) mass is 246 g/mol. The summed E-state index contributed by atoms with van der Waals surface area (Å²) in [4.78, 5) is 15.5. The Balaban J connectivity index is 2.29. The third kappa shape index (κ3) is 2.32. The number of nitrogen functional groups attached to an aromatic ring is 1. The Hall–Kier alpha value is -2.37. The molecule has 0 radical (unpaired) electrons. The van der Waals surface area contributed by atoms with Crippen LogP contribution < -0.4 is 5.73 Å². The van der Waals surface area contributed by atoms with Crippen molar-refractivity contribution in [3.05, 3.63) is 29.6 Å². The van der Waals surface area contributed by atoms with E-state index in [2.05, 4.69) is 15.2 Å². The Morgan fingerprint density at radius 3 is 2.94 bits per heavy atom. The van der Waals surface area contributed by atoms with E-state index in [0.717, 1.165) is 11.1 Å². The molecule has 0 aliphatic rings. The van der Waals surface area contributed by atoms with Crippen molar-refractivity contribution < 1.29 is 9.53 Å². The van der Waals surface area contributed by atoms with Gasteiger partial charge in [-0.1, -0.05) is 12.1 Å². The highest BCUT2D eigenvalue weighted by atomic mass is 16.5. The maximum Gasteiger partial charge on any atom is 0.375 e. The van der Waals surface area contributed by atoms with E-state index in [1.54, 1.807) is 13.0 Å². The zero-order chi connectivity index (χ0) is 13.1. The largest absolute Gasteiger partial charge is 0.460 e. The van der Waals surface area contributed by atoms with Crippen LogP contribution in [0.3, 0.4) is 0 Å². The van der Waals surface area contributed by atoms with Crippen LogP contribution in [0.2, 0.25) is 0 Å². The second-order valence-corrected chi connectivity index (χ2v) is 3.80. The normalized spacial score (nSPS) is 10.3. The Morgan fingerprint density at radius 2 is 2.28 bits per heavy atom. The SMILES string of the molecule is CCOC(=O)c1nc(-c2ccc(C)c(N)c2)n[nH]1. The van der Waals surface area contributed by atoms with Gasteiger partial charge in [0.2, 0.25) is 5.82 Å². The summed E-state index contributed by atoms with van der Waals surface area (Å²) >= 11 is 0. The second-order valence-electron chi connectivity index (χ2n) is 3.80. The number of rotatable bonds is 3. The van der Waals surface area contributed by atoms with E-state index in [4.69, 9.17) is 10.5 Å². The van der Waals surface area contributed by atoms with Gasteiger partial charge in [-0.15, -0.1) is 0 Å². The molecule has 1 heterocycles. The van der Waals surface area contributed by atoms with Gasteiger partial charge in [-0.2, -0.15) is 5.10 Å². The summed E-state index contributed by atoms with van der Waals surface area (Å²) in [6, 6.07) is 5.50. The smallest absolute Gasteiger partial charge is 0.375 e. The summed E-state index contributed by atoms with van der Waals surface area (Å²) in [5.74, 6) is -0.00733. The van der Waals surface area contributed by atoms with Crippen LogP contribution in [0.25, 0.3) is 11.4 Å². The lowest BCUT2D eigenvalue weighted by Crippen LogP contribution is -2.06. The molecule has 94 valence electrons. The van der Waals surface area contributed by atoms with E-state index in [1.165, 1.54) is 0 Å². The second kappa shape index (κ2) is 4.87. The average molecular weight is 246 g/mol. The first kappa shape index (κ1) is 12.1. The molecule has 0 aliphatic heterocycles. The molecule has 18 heavy (non-hydrogen) atoms. The number of esters is 1. The number of carbonyl (C=O) groups excluding carboxylic acids is 1. The molecule has 1 aromatic heterocycles. The van der Waals surface area contributed by atoms with Gasteiger partial charge in [0.25, 0.3) is 0 Å². The number of aromatic amines is 1. The van der Waals surface area contributed by atoms with Crippen molar-refractivity contribution in [2.45, 2.75) is 13.8 Å². The molecule has 0 amide bonds. The standard InChI is InChI=1S/C12H14N4O2/c1-3-18-12(17)11-14-10(15-16-11)8-5-4-7(2)9(13)6-8/h4-6H,3,13H2,1-2H3,(H,14,15,16). The van der Waals surface area contributed by atoms with Crippen molar-refractivity contribution in [2.75, 3.05) is 12.3 Å². The first-order valence-electron chi connectivity index (χ1n) is 5.58. The van der Waals surface area contributed by atoms with E-state index < -0.39 is 5.97 Å². The van der Waals surface area contributed by atoms with Crippen molar-refractivity contribution in [2.24, 2.45) is 0 Å². The number of hydrogen-bond acceptors (Lipinski definition) is 5. The van der Waals surface area contributed by atoms with Gasteiger partial charge in [0, 0.05) is 11.3 Å². The van der Waals surface area contributed by atoms with Crippen LogP contribution >= 0.6 is 0 Å². The fourth-order valence-corrected chi connectivity index (χ4v) is 1.46.